The molecule has 0 bridgehead atoms. The first-order chi connectivity index (χ1) is 10.4. The molecule has 1 amide bonds. The van der Waals surface area contributed by atoms with Crippen molar-refractivity contribution in [3.05, 3.63) is 35.4 Å². The van der Waals surface area contributed by atoms with Crippen molar-refractivity contribution in [2.24, 2.45) is 5.92 Å². The molecule has 5 nitrogen and oxygen atoms in total. The largest absolute Gasteiger partial charge is 0.481 e. The van der Waals surface area contributed by atoms with Crippen LogP contribution in [-0.4, -0.2) is 29.3 Å². The van der Waals surface area contributed by atoms with Crippen LogP contribution in [0.25, 0.3) is 0 Å². The quantitative estimate of drug-likeness (QED) is 0.686. The van der Waals surface area contributed by atoms with Crippen LogP contribution in [0.1, 0.15) is 49.0 Å². The van der Waals surface area contributed by atoms with Crippen LogP contribution in [0, 0.1) is 5.92 Å². The van der Waals surface area contributed by atoms with Crippen LogP contribution in [0.15, 0.2) is 24.3 Å². The van der Waals surface area contributed by atoms with Gasteiger partial charge >= 0.3 is 5.97 Å². The Labute approximate surface area is 130 Å². The minimum absolute atomic E-state index is 0.0756. The lowest BCUT2D eigenvalue weighted by molar-refractivity contribution is -0.136. The van der Waals surface area contributed by atoms with Gasteiger partial charge in [-0.3, -0.25) is 14.4 Å². The smallest absolute Gasteiger partial charge is 0.305 e. The molecule has 0 spiro atoms. The molecule has 0 aliphatic rings. The van der Waals surface area contributed by atoms with Crippen molar-refractivity contribution in [1.29, 1.82) is 0 Å². The molecule has 120 valence electrons. The highest BCUT2D eigenvalue weighted by Gasteiger charge is 2.10. The number of carboxylic acids is 1. The van der Waals surface area contributed by atoms with E-state index in [9.17, 15) is 14.4 Å². The summed E-state index contributed by atoms with van der Waals surface area (Å²) in [6.07, 6.45) is 1.06. The van der Waals surface area contributed by atoms with Crippen molar-refractivity contribution in [3.63, 3.8) is 0 Å². The standard InChI is InChI=1S/C17H23NO4/c1-12(2)11-13-3-5-14(6-4-13)15(19)7-8-16(20)18-10-9-17(21)22/h3-6,12H,7-11H2,1-2H3,(H,18,20)(H,21,22). The molecule has 0 unspecified atom stereocenters. The third kappa shape index (κ3) is 7.02. The summed E-state index contributed by atoms with van der Waals surface area (Å²) in [4.78, 5) is 33.8. The molecule has 1 aromatic rings. The van der Waals surface area contributed by atoms with Gasteiger partial charge < -0.3 is 10.4 Å². The molecule has 0 fully saturated rings. The maximum atomic E-state index is 12.0. The maximum Gasteiger partial charge on any atom is 0.305 e. The Kier molecular flexibility index (Phi) is 7.29. The molecule has 0 saturated heterocycles. The average Bonchev–Trinajstić information content (AvgIpc) is 2.44. The molecular weight excluding hydrogens is 282 g/mol. The monoisotopic (exact) mass is 305 g/mol. The molecule has 0 heterocycles. The zero-order chi connectivity index (χ0) is 16.5. The van der Waals surface area contributed by atoms with Gasteiger partial charge in [-0.1, -0.05) is 38.1 Å². The lowest BCUT2D eigenvalue weighted by Gasteiger charge is -2.06. The van der Waals surface area contributed by atoms with Gasteiger partial charge in [0, 0.05) is 24.9 Å². The van der Waals surface area contributed by atoms with Gasteiger partial charge in [-0.15, -0.1) is 0 Å². The Morgan fingerprint density at radius 3 is 2.23 bits per heavy atom. The minimum Gasteiger partial charge on any atom is -0.481 e. The second kappa shape index (κ2) is 8.97. The minimum atomic E-state index is -0.960. The first kappa shape index (κ1) is 17.9. The van der Waals surface area contributed by atoms with Gasteiger partial charge in [-0.2, -0.15) is 0 Å². The highest BCUT2D eigenvalue weighted by molar-refractivity contribution is 5.98. The zero-order valence-electron chi connectivity index (χ0n) is 13.1. The van der Waals surface area contributed by atoms with Crippen LogP contribution in [0.5, 0.6) is 0 Å². The Hall–Kier alpha value is -2.17. The fourth-order valence-corrected chi connectivity index (χ4v) is 2.07. The molecule has 5 heteroatoms. The number of carboxylic acid groups (broad SMARTS) is 1. The van der Waals surface area contributed by atoms with E-state index in [1.54, 1.807) is 12.1 Å². The third-order valence-electron chi connectivity index (χ3n) is 3.16. The van der Waals surface area contributed by atoms with Gasteiger partial charge in [0.2, 0.25) is 5.91 Å². The van der Waals surface area contributed by atoms with Crippen LogP contribution < -0.4 is 5.32 Å². The highest BCUT2D eigenvalue weighted by atomic mass is 16.4. The van der Waals surface area contributed by atoms with Crippen LogP contribution in [0.4, 0.5) is 0 Å². The number of ketones is 1. The maximum absolute atomic E-state index is 12.0. The van der Waals surface area contributed by atoms with Gasteiger partial charge in [0.25, 0.3) is 0 Å². The number of carbonyl (C=O) groups excluding carboxylic acids is 2. The number of amides is 1. The molecule has 0 aromatic heterocycles. The lowest BCUT2D eigenvalue weighted by Crippen LogP contribution is -2.26. The van der Waals surface area contributed by atoms with Gasteiger partial charge in [-0.05, 0) is 17.9 Å². The second-order valence-corrected chi connectivity index (χ2v) is 5.71. The van der Waals surface area contributed by atoms with Crippen LogP contribution in [0.2, 0.25) is 0 Å². The molecule has 0 radical (unpaired) electrons. The normalized spacial score (nSPS) is 10.5. The van der Waals surface area contributed by atoms with E-state index in [0.29, 0.717) is 11.5 Å². The molecule has 1 aromatic carbocycles. The van der Waals surface area contributed by atoms with Gasteiger partial charge in [0.1, 0.15) is 0 Å². The van der Waals surface area contributed by atoms with E-state index in [2.05, 4.69) is 19.2 Å². The van der Waals surface area contributed by atoms with E-state index in [1.807, 2.05) is 12.1 Å². The Morgan fingerprint density at radius 1 is 1.05 bits per heavy atom. The summed E-state index contributed by atoms with van der Waals surface area (Å²) in [5.74, 6) is -0.774. The summed E-state index contributed by atoms with van der Waals surface area (Å²) in [5, 5.41) is 10.9. The van der Waals surface area contributed by atoms with E-state index in [1.165, 1.54) is 5.56 Å². The fourth-order valence-electron chi connectivity index (χ4n) is 2.07. The number of nitrogens with one attached hydrogen (secondary N) is 1. The van der Waals surface area contributed by atoms with Crippen LogP contribution in [-0.2, 0) is 16.0 Å². The summed E-state index contributed by atoms with van der Waals surface area (Å²) in [5.41, 5.74) is 1.80. The van der Waals surface area contributed by atoms with Crippen molar-refractivity contribution in [2.45, 2.75) is 39.5 Å². The third-order valence-corrected chi connectivity index (χ3v) is 3.16. The van der Waals surface area contributed by atoms with Crippen molar-refractivity contribution in [3.8, 4) is 0 Å². The predicted molar refractivity (Wildman–Crippen MR) is 83.8 cm³/mol. The molecule has 22 heavy (non-hydrogen) atoms. The summed E-state index contributed by atoms with van der Waals surface area (Å²) < 4.78 is 0. The summed E-state index contributed by atoms with van der Waals surface area (Å²) in [6.45, 7) is 4.37. The topological polar surface area (TPSA) is 83.5 Å². The first-order valence-electron chi connectivity index (χ1n) is 7.49. The lowest BCUT2D eigenvalue weighted by atomic mass is 9.99. The van der Waals surface area contributed by atoms with Crippen LogP contribution in [0.3, 0.4) is 0 Å². The number of aliphatic carboxylic acids is 1. The van der Waals surface area contributed by atoms with Gasteiger partial charge in [0.05, 0.1) is 6.42 Å². The summed E-state index contributed by atoms with van der Waals surface area (Å²) >= 11 is 0. The molecule has 0 saturated carbocycles. The molecular formula is C17H23NO4. The molecule has 2 N–H and O–H groups in total. The number of carbonyl (C=O) groups is 3. The average molecular weight is 305 g/mol. The van der Waals surface area contributed by atoms with E-state index in [0.717, 1.165) is 6.42 Å². The molecule has 0 atom stereocenters. The summed E-state index contributed by atoms with van der Waals surface area (Å²) in [6, 6.07) is 7.48. The number of hydrogen-bond donors (Lipinski definition) is 2. The molecule has 1 rings (SSSR count). The highest BCUT2D eigenvalue weighted by Crippen LogP contribution is 2.11. The van der Waals surface area contributed by atoms with Crippen molar-refractivity contribution in [2.75, 3.05) is 6.54 Å². The predicted octanol–water partition coefficient (Wildman–Crippen LogP) is 2.44. The SMILES string of the molecule is CC(C)Cc1ccc(C(=O)CCC(=O)NCCC(=O)O)cc1. The summed E-state index contributed by atoms with van der Waals surface area (Å²) in [7, 11) is 0. The van der Waals surface area contributed by atoms with Crippen molar-refractivity contribution in [1.82, 2.24) is 5.32 Å². The Balaban J connectivity index is 2.38. The molecule has 0 aliphatic carbocycles. The van der Waals surface area contributed by atoms with E-state index in [4.69, 9.17) is 5.11 Å². The molecule has 0 aliphatic heterocycles. The van der Waals surface area contributed by atoms with Gasteiger partial charge in [-0.25, -0.2) is 0 Å². The van der Waals surface area contributed by atoms with Crippen molar-refractivity contribution >= 4 is 17.7 Å². The van der Waals surface area contributed by atoms with Crippen molar-refractivity contribution < 1.29 is 19.5 Å². The van der Waals surface area contributed by atoms with E-state index >= 15 is 0 Å². The van der Waals surface area contributed by atoms with E-state index in [-0.39, 0.29) is 37.5 Å². The number of hydrogen-bond acceptors (Lipinski definition) is 3. The Bertz CT molecular complexity index is 520. The number of benzene rings is 1. The number of rotatable bonds is 9. The van der Waals surface area contributed by atoms with E-state index < -0.39 is 5.97 Å². The first-order valence-corrected chi connectivity index (χ1v) is 7.49. The number of Topliss-reactive ketones (excluding diaryl/α,β-unsaturated/α-hetero) is 1. The Morgan fingerprint density at radius 2 is 1.68 bits per heavy atom. The fraction of sp³-hybridized carbons (Fsp3) is 0.471. The zero-order valence-corrected chi connectivity index (χ0v) is 13.1. The van der Waals surface area contributed by atoms with Crippen LogP contribution >= 0.6 is 0 Å². The second-order valence-electron chi connectivity index (χ2n) is 5.71. The van der Waals surface area contributed by atoms with Gasteiger partial charge in [0.15, 0.2) is 5.78 Å².